The van der Waals surface area contributed by atoms with Crippen LogP contribution in [0.25, 0.3) is 0 Å². The van der Waals surface area contributed by atoms with E-state index in [1.165, 1.54) is 4.57 Å². The number of fused-ring (bicyclic) bond motifs is 1. The lowest BCUT2D eigenvalue weighted by molar-refractivity contribution is -0.122. The lowest BCUT2D eigenvalue weighted by Crippen LogP contribution is -2.39. The highest BCUT2D eigenvalue weighted by atomic mass is 16.5. The molecule has 1 N–H and O–H groups in total. The summed E-state index contributed by atoms with van der Waals surface area (Å²) in [6.07, 6.45) is 0.877. The maximum atomic E-state index is 12.2. The number of nitrogens with zero attached hydrogens (tertiary/aromatic N) is 2. The number of hydrogen-bond acceptors (Lipinski definition) is 4. The minimum atomic E-state index is -0.391. The summed E-state index contributed by atoms with van der Waals surface area (Å²) >= 11 is 0. The van der Waals surface area contributed by atoms with Gasteiger partial charge in [0.25, 0.3) is 0 Å². The van der Waals surface area contributed by atoms with Crippen LogP contribution in [0.1, 0.15) is 17.0 Å². The Bertz CT molecular complexity index is 813. The molecule has 2 heterocycles. The van der Waals surface area contributed by atoms with Crippen molar-refractivity contribution < 1.29 is 9.53 Å². The average molecular weight is 327 g/mol. The van der Waals surface area contributed by atoms with Gasteiger partial charge < -0.3 is 10.1 Å². The highest BCUT2D eigenvalue weighted by molar-refractivity contribution is 5.75. The summed E-state index contributed by atoms with van der Waals surface area (Å²) < 4.78 is 7.11. The van der Waals surface area contributed by atoms with Crippen LogP contribution in [0.4, 0.5) is 0 Å². The van der Waals surface area contributed by atoms with Crippen LogP contribution in [0.2, 0.25) is 0 Å². The number of aromatic nitrogens is 2. The molecule has 6 heteroatoms. The quantitative estimate of drug-likeness (QED) is 0.917. The van der Waals surface area contributed by atoms with Crippen LogP contribution in [-0.2, 0) is 17.8 Å². The molecule has 0 aliphatic carbocycles. The Hall–Kier alpha value is -2.63. The molecule has 126 valence electrons. The Labute approximate surface area is 140 Å². The molecule has 0 spiro atoms. The second kappa shape index (κ2) is 6.86. The van der Waals surface area contributed by atoms with Crippen molar-refractivity contribution >= 4 is 5.91 Å². The first-order chi connectivity index (χ1) is 11.5. The van der Waals surface area contributed by atoms with Gasteiger partial charge in [-0.3, -0.25) is 9.36 Å². The molecule has 0 saturated heterocycles. The predicted octanol–water partition coefficient (Wildman–Crippen LogP) is 1.23. The lowest BCUT2D eigenvalue weighted by Gasteiger charge is -2.25. The molecule has 2 aromatic rings. The summed E-state index contributed by atoms with van der Waals surface area (Å²) in [5.74, 6) is 0.968. The van der Waals surface area contributed by atoms with Crippen LogP contribution in [0.3, 0.4) is 0 Å². The van der Waals surface area contributed by atoms with Gasteiger partial charge in [0.05, 0.1) is 6.61 Å². The van der Waals surface area contributed by atoms with Gasteiger partial charge in [0.1, 0.15) is 12.3 Å². The molecule has 6 nitrogen and oxygen atoms in total. The second-order valence-corrected chi connectivity index (χ2v) is 6.20. The number of aryl methyl sites for hydroxylation is 2. The van der Waals surface area contributed by atoms with Gasteiger partial charge in [-0.05, 0) is 38.0 Å². The first-order valence-electron chi connectivity index (χ1n) is 8.05. The van der Waals surface area contributed by atoms with Crippen molar-refractivity contribution in [3.63, 3.8) is 0 Å². The Balaban J connectivity index is 1.56. The van der Waals surface area contributed by atoms with E-state index in [0.717, 1.165) is 23.4 Å². The summed E-state index contributed by atoms with van der Waals surface area (Å²) in [5.41, 5.74) is 2.17. The molecule has 1 aromatic heterocycles. The fraction of sp³-hybridized carbons (Fsp3) is 0.389. The monoisotopic (exact) mass is 327 g/mol. The maximum absolute atomic E-state index is 12.2. The zero-order valence-electron chi connectivity index (χ0n) is 13.9. The van der Waals surface area contributed by atoms with Crippen molar-refractivity contribution in [3.05, 3.63) is 57.8 Å². The topological polar surface area (TPSA) is 73.2 Å². The largest absolute Gasteiger partial charge is 0.493 e. The van der Waals surface area contributed by atoms with Gasteiger partial charge in [0, 0.05) is 23.9 Å². The zero-order valence-corrected chi connectivity index (χ0v) is 13.9. The molecule has 24 heavy (non-hydrogen) atoms. The van der Waals surface area contributed by atoms with E-state index < -0.39 is 5.69 Å². The molecule has 1 unspecified atom stereocenters. The molecular weight excluding hydrogens is 306 g/mol. The third-order valence-corrected chi connectivity index (χ3v) is 4.19. The van der Waals surface area contributed by atoms with E-state index in [9.17, 15) is 9.59 Å². The fourth-order valence-electron chi connectivity index (χ4n) is 2.95. The van der Waals surface area contributed by atoms with E-state index >= 15 is 0 Å². The smallest absolute Gasteiger partial charge is 0.348 e. The van der Waals surface area contributed by atoms with Gasteiger partial charge in [-0.15, -0.1) is 0 Å². The van der Waals surface area contributed by atoms with Crippen LogP contribution < -0.4 is 15.7 Å². The fourth-order valence-corrected chi connectivity index (χ4v) is 2.95. The molecule has 1 aliphatic rings. The van der Waals surface area contributed by atoms with Crippen LogP contribution in [-0.4, -0.2) is 28.6 Å². The molecule has 1 atom stereocenters. The number of hydrogen-bond donors (Lipinski definition) is 1. The van der Waals surface area contributed by atoms with Crippen molar-refractivity contribution in [1.82, 2.24) is 14.9 Å². The number of ether oxygens (including phenoxy) is 1. The SMILES string of the molecule is Cc1cc(C)n(CC(=O)NCC2COc3ccccc3C2)c(=O)n1. The zero-order chi connectivity index (χ0) is 17.1. The number of amides is 1. The Morgan fingerprint density at radius 1 is 1.38 bits per heavy atom. The van der Waals surface area contributed by atoms with E-state index in [1.54, 1.807) is 19.9 Å². The predicted molar refractivity (Wildman–Crippen MR) is 90.1 cm³/mol. The van der Waals surface area contributed by atoms with Crippen molar-refractivity contribution in [1.29, 1.82) is 0 Å². The molecule has 1 amide bonds. The first-order valence-corrected chi connectivity index (χ1v) is 8.05. The van der Waals surface area contributed by atoms with Gasteiger partial charge >= 0.3 is 5.69 Å². The Morgan fingerprint density at radius 2 is 2.17 bits per heavy atom. The number of rotatable bonds is 4. The molecule has 0 radical (unpaired) electrons. The normalized spacial score (nSPS) is 16.2. The molecule has 0 bridgehead atoms. The number of carbonyl (C=O) groups excluding carboxylic acids is 1. The van der Waals surface area contributed by atoms with Crippen LogP contribution in [0.5, 0.6) is 5.75 Å². The van der Waals surface area contributed by atoms with E-state index in [-0.39, 0.29) is 18.4 Å². The van der Waals surface area contributed by atoms with Gasteiger partial charge in [0.15, 0.2) is 0 Å². The number of nitrogens with one attached hydrogen (secondary N) is 1. The van der Waals surface area contributed by atoms with Crippen molar-refractivity contribution in [3.8, 4) is 5.75 Å². The molecule has 1 aliphatic heterocycles. The number of para-hydroxylation sites is 1. The van der Waals surface area contributed by atoms with Crippen molar-refractivity contribution in [2.45, 2.75) is 26.8 Å². The average Bonchev–Trinajstić information content (AvgIpc) is 2.56. The Kier molecular flexibility index (Phi) is 4.64. The minimum absolute atomic E-state index is 0.0118. The third-order valence-electron chi connectivity index (χ3n) is 4.19. The first kappa shape index (κ1) is 16.2. The van der Waals surface area contributed by atoms with Gasteiger partial charge in [-0.25, -0.2) is 4.79 Å². The number of benzene rings is 1. The molecular formula is C18H21N3O3. The standard InChI is InChI=1S/C18H21N3O3/c1-12-7-13(2)21(18(23)20-12)10-17(22)19-9-14-8-15-5-3-4-6-16(15)24-11-14/h3-7,14H,8-11H2,1-2H3,(H,19,22). The summed E-state index contributed by atoms with van der Waals surface area (Å²) in [7, 11) is 0. The summed E-state index contributed by atoms with van der Waals surface area (Å²) in [6, 6.07) is 9.74. The van der Waals surface area contributed by atoms with E-state index in [2.05, 4.69) is 10.3 Å². The summed E-state index contributed by atoms with van der Waals surface area (Å²) in [5, 5.41) is 2.89. The second-order valence-electron chi connectivity index (χ2n) is 6.20. The van der Waals surface area contributed by atoms with E-state index in [0.29, 0.717) is 18.8 Å². The summed E-state index contributed by atoms with van der Waals surface area (Å²) in [4.78, 5) is 27.9. The van der Waals surface area contributed by atoms with Gasteiger partial charge in [-0.2, -0.15) is 4.98 Å². The molecule has 1 aromatic carbocycles. The highest BCUT2D eigenvalue weighted by Crippen LogP contribution is 2.26. The lowest BCUT2D eigenvalue weighted by atomic mass is 9.97. The van der Waals surface area contributed by atoms with Gasteiger partial charge in [-0.1, -0.05) is 18.2 Å². The molecule has 3 rings (SSSR count). The highest BCUT2D eigenvalue weighted by Gasteiger charge is 2.20. The Morgan fingerprint density at radius 3 is 2.96 bits per heavy atom. The molecule has 0 saturated carbocycles. The van der Waals surface area contributed by atoms with Gasteiger partial charge in [0.2, 0.25) is 5.91 Å². The minimum Gasteiger partial charge on any atom is -0.493 e. The van der Waals surface area contributed by atoms with Crippen LogP contribution >= 0.6 is 0 Å². The van der Waals surface area contributed by atoms with E-state index in [4.69, 9.17) is 4.74 Å². The maximum Gasteiger partial charge on any atom is 0.348 e. The van der Waals surface area contributed by atoms with Crippen molar-refractivity contribution in [2.75, 3.05) is 13.2 Å². The van der Waals surface area contributed by atoms with Crippen molar-refractivity contribution in [2.24, 2.45) is 5.92 Å². The van der Waals surface area contributed by atoms with E-state index in [1.807, 2.05) is 24.3 Å². The van der Waals surface area contributed by atoms with Crippen LogP contribution in [0.15, 0.2) is 35.1 Å². The van der Waals surface area contributed by atoms with Crippen LogP contribution in [0, 0.1) is 19.8 Å². The third kappa shape index (κ3) is 3.64. The number of carbonyl (C=O) groups is 1. The summed E-state index contributed by atoms with van der Waals surface area (Å²) in [6.45, 7) is 4.67. The molecule has 0 fully saturated rings.